The van der Waals surface area contributed by atoms with Gasteiger partial charge in [-0.05, 0) is 43.0 Å². The maximum Gasteiger partial charge on any atom is 0.387 e. The summed E-state index contributed by atoms with van der Waals surface area (Å²) in [5.41, 5.74) is 0.919. The molecule has 5 heteroatoms. The van der Waals surface area contributed by atoms with Crippen molar-refractivity contribution in [3.05, 3.63) is 23.8 Å². The minimum absolute atomic E-state index is 0.0875. The smallest absolute Gasteiger partial charge is 0.387 e. The average Bonchev–Trinajstić information content (AvgIpc) is 2.48. The molecular weight excluding hydrogens is 276 g/mol. The molecule has 1 aromatic rings. The van der Waals surface area contributed by atoms with E-state index < -0.39 is 6.61 Å². The first kappa shape index (κ1) is 16.0. The van der Waals surface area contributed by atoms with Crippen LogP contribution in [-0.2, 0) is 6.54 Å². The van der Waals surface area contributed by atoms with Crippen molar-refractivity contribution in [2.75, 3.05) is 13.7 Å². The zero-order valence-electron chi connectivity index (χ0n) is 12.4. The maximum absolute atomic E-state index is 12.4. The number of hydrogen-bond acceptors (Lipinski definition) is 3. The summed E-state index contributed by atoms with van der Waals surface area (Å²) in [7, 11) is 1.44. The highest BCUT2D eigenvalue weighted by Crippen LogP contribution is 2.29. The van der Waals surface area contributed by atoms with Crippen LogP contribution in [0.4, 0.5) is 8.78 Å². The Morgan fingerprint density at radius 2 is 1.95 bits per heavy atom. The standard InChI is InChI=1S/C16H23F2NO2/c1-20-14-8-7-13(9-15(14)21-16(17)18)11-19-10-12-5-3-2-4-6-12/h7-9,12,16,19H,2-6,10-11H2,1H3. The van der Waals surface area contributed by atoms with Gasteiger partial charge in [-0.1, -0.05) is 25.3 Å². The second kappa shape index (κ2) is 8.17. The number of nitrogens with one attached hydrogen (secondary N) is 1. The maximum atomic E-state index is 12.4. The van der Waals surface area contributed by atoms with Crippen LogP contribution in [0, 0.1) is 5.92 Å². The molecule has 0 atom stereocenters. The van der Waals surface area contributed by atoms with Crippen LogP contribution in [-0.4, -0.2) is 20.3 Å². The minimum Gasteiger partial charge on any atom is -0.493 e. The highest BCUT2D eigenvalue weighted by Gasteiger charge is 2.14. The Morgan fingerprint density at radius 3 is 2.62 bits per heavy atom. The van der Waals surface area contributed by atoms with Gasteiger partial charge in [-0.25, -0.2) is 0 Å². The normalized spacial score (nSPS) is 16.2. The van der Waals surface area contributed by atoms with Gasteiger partial charge in [0.2, 0.25) is 0 Å². The summed E-state index contributed by atoms with van der Waals surface area (Å²) >= 11 is 0. The zero-order valence-corrected chi connectivity index (χ0v) is 12.4. The van der Waals surface area contributed by atoms with E-state index in [0.29, 0.717) is 12.3 Å². The summed E-state index contributed by atoms with van der Waals surface area (Å²) < 4.78 is 34.2. The highest BCUT2D eigenvalue weighted by molar-refractivity contribution is 5.42. The Hall–Kier alpha value is -1.36. The third-order valence-electron chi connectivity index (χ3n) is 3.93. The van der Waals surface area contributed by atoms with Crippen molar-refractivity contribution >= 4 is 0 Å². The van der Waals surface area contributed by atoms with E-state index in [9.17, 15) is 8.78 Å². The van der Waals surface area contributed by atoms with Gasteiger partial charge in [-0.15, -0.1) is 0 Å². The zero-order chi connectivity index (χ0) is 15.1. The number of ether oxygens (including phenoxy) is 2. The van der Waals surface area contributed by atoms with Crippen molar-refractivity contribution in [2.24, 2.45) is 5.92 Å². The van der Waals surface area contributed by atoms with E-state index in [4.69, 9.17) is 4.74 Å². The molecule has 0 bridgehead atoms. The van der Waals surface area contributed by atoms with Gasteiger partial charge in [0.15, 0.2) is 11.5 Å². The fourth-order valence-corrected chi connectivity index (χ4v) is 2.83. The van der Waals surface area contributed by atoms with Gasteiger partial charge in [0.1, 0.15) is 0 Å². The second-order valence-electron chi connectivity index (χ2n) is 5.50. The molecule has 0 saturated heterocycles. The molecule has 0 aromatic heterocycles. The SMILES string of the molecule is COc1ccc(CNCC2CCCCC2)cc1OC(F)F. The molecule has 2 rings (SSSR count). The summed E-state index contributed by atoms with van der Waals surface area (Å²) in [5, 5.41) is 3.41. The van der Waals surface area contributed by atoms with Crippen LogP contribution in [0.5, 0.6) is 11.5 Å². The van der Waals surface area contributed by atoms with Crippen molar-refractivity contribution in [2.45, 2.75) is 45.3 Å². The van der Waals surface area contributed by atoms with Crippen LogP contribution in [0.1, 0.15) is 37.7 Å². The molecule has 0 radical (unpaired) electrons. The molecule has 1 aliphatic rings. The Bertz CT molecular complexity index is 434. The lowest BCUT2D eigenvalue weighted by molar-refractivity contribution is -0.0512. The molecule has 0 amide bonds. The number of benzene rings is 1. The average molecular weight is 299 g/mol. The van der Waals surface area contributed by atoms with E-state index >= 15 is 0 Å². The van der Waals surface area contributed by atoms with Crippen molar-refractivity contribution in [1.82, 2.24) is 5.32 Å². The van der Waals surface area contributed by atoms with Crippen molar-refractivity contribution in [1.29, 1.82) is 0 Å². The fraction of sp³-hybridized carbons (Fsp3) is 0.625. The molecule has 1 saturated carbocycles. The van der Waals surface area contributed by atoms with Gasteiger partial charge < -0.3 is 14.8 Å². The topological polar surface area (TPSA) is 30.5 Å². The molecule has 3 nitrogen and oxygen atoms in total. The highest BCUT2D eigenvalue weighted by atomic mass is 19.3. The first-order valence-corrected chi connectivity index (χ1v) is 7.51. The van der Waals surface area contributed by atoms with Gasteiger partial charge >= 0.3 is 6.61 Å². The Morgan fingerprint density at radius 1 is 1.19 bits per heavy atom. The molecule has 1 N–H and O–H groups in total. The number of rotatable bonds is 7. The van der Waals surface area contributed by atoms with Crippen LogP contribution < -0.4 is 14.8 Å². The van der Waals surface area contributed by atoms with Crippen molar-refractivity contribution in [3.8, 4) is 11.5 Å². The molecule has 1 aliphatic carbocycles. The van der Waals surface area contributed by atoms with E-state index in [1.54, 1.807) is 12.1 Å². The van der Waals surface area contributed by atoms with Crippen LogP contribution in [0.15, 0.2) is 18.2 Å². The largest absolute Gasteiger partial charge is 0.493 e. The minimum atomic E-state index is -2.84. The van der Waals surface area contributed by atoms with Gasteiger partial charge in [-0.2, -0.15) is 8.78 Å². The predicted molar refractivity (Wildman–Crippen MR) is 77.9 cm³/mol. The molecular formula is C16H23F2NO2. The summed E-state index contributed by atoms with van der Waals surface area (Å²) in [4.78, 5) is 0. The number of hydrogen-bond donors (Lipinski definition) is 1. The van der Waals surface area contributed by atoms with Crippen LogP contribution >= 0.6 is 0 Å². The van der Waals surface area contributed by atoms with E-state index in [0.717, 1.165) is 18.0 Å². The van der Waals surface area contributed by atoms with Gasteiger partial charge in [0.05, 0.1) is 7.11 Å². The van der Waals surface area contributed by atoms with E-state index in [2.05, 4.69) is 10.1 Å². The first-order valence-electron chi connectivity index (χ1n) is 7.51. The molecule has 1 fully saturated rings. The van der Waals surface area contributed by atoms with Gasteiger partial charge in [-0.3, -0.25) is 0 Å². The molecule has 0 aliphatic heterocycles. The van der Waals surface area contributed by atoms with E-state index in [-0.39, 0.29) is 5.75 Å². The Balaban J connectivity index is 1.87. The lowest BCUT2D eigenvalue weighted by atomic mass is 9.89. The van der Waals surface area contributed by atoms with Gasteiger partial charge in [0, 0.05) is 6.54 Å². The molecule has 1 aromatic carbocycles. The fourth-order valence-electron chi connectivity index (χ4n) is 2.83. The second-order valence-corrected chi connectivity index (χ2v) is 5.50. The third-order valence-corrected chi connectivity index (χ3v) is 3.93. The summed E-state index contributed by atoms with van der Waals surface area (Å²) in [6, 6.07) is 5.14. The number of methoxy groups -OCH3 is 1. The quantitative estimate of drug-likeness (QED) is 0.826. The molecule has 0 spiro atoms. The molecule has 118 valence electrons. The van der Waals surface area contributed by atoms with Crippen molar-refractivity contribution in [3.63, 3.8) is 0 Å². The van der Waals surface area contributed by atoms with Crippen LogP contribution in [0.2, 0.25) is 0 Å². The molecule has 0 heterocycles. The molecule has 0 unspecified atom stereocenters. The summed E-state index contributed by atoms with van der Waals surface area (Å²) in [6.07, 6.45) is 6.57. The molecule has 21 heavy (non-hydrogen) atoms. The lowest BCUT2D eigenvalue weighted by Crippen LogP contribution is -2.24. The van der Waals surface area contributed by atoms with Crippen molar-refractivity contribution < 1.29 is 18.3 Å². The number of alkyl halides is 2. The van der Waals surface area contributed by atoms with Gasteiger partial charge in [0.25, 0.3) is 0 Å². The van der Waals surface area contributed by atoms with Crippen LogP contribution in [0.25, 0.3) is 0 Å². The third kappa shape index (κ3) is 5.16. The van der Waals surface area contributed by atoms with E-state index in [1.807, 2.05) is 6.07 Å². The number of halogens is 2. The summed E-state index contributed by atoms with van der Waals surface area (Å²) in [6.45, 7) is -1.21. The van der Waals surface area contributed by atoms with E-state index in [1.165, 1.54) is 39.2 Å². The van der Waals surface area contributed by atoms with Crippen LogP contribution in [0.3, 0.4) is 0 Å². The Labute approximate surface area is 124 Å². The predicted octanol–water partition coefficient (Wildman–Crippen LogP) is 3.97. The summed E-state index contributed by atoms with van der Waals surface area (Å²) in [5.74, 6) is 1.16. The lowest BCUT2D eigenvalue weighted by Gasteiger charge is -2.22. The monoisotopic (exact) mass is 299 g/mol. The first-order chi connectivity index (χ1) is 10.2. The Kier molecular flexibility index (Phi) is 6.23.